The van der Waals surface area contributed by atoms with Crippen molar-refractivity contribution < 1.29 is 0 Å². The van der Waals surface area contributed by atoms with E-state index in [4.69, 9.17) is 4.98 Å². The molecule has 0 spiro atoms. The van der Waals surface area contributed by atoms with Crippen molar-refractivity contribution in [2.75, 3.05) is 11.9 Å². The standard InChI is InChI=1S/C27H27N3S/c1-20-10-9-15-25-28-26(27(30(20)25)29(2)22-13-7-4-8-14-22)24-19-18-23(31-24)17-16-21-11-5-3-6-12-21/h3,5-6,9-12,15,18-19,22H,4,7-8,13-14H2,1-2H3. The Labute approximate surface area is 188 Å². The molecule has 0 bridgehead atoms. The lowest BCUT2D eigenvalue weighted by atomic mass is 9.94. The molecule has 0 atom stereocenters. The van der Waals surface area contributed by atoms with Crippen LogP contribution in [0.2, 0.25) is 0 Å². The van der Waals surface area contributed by atoms with Crippen molar-refractivity contribution >= 4 is 22.8 Å². The maximum absolute atomic E-state index is 5.07. The number of fused-ring (bicyclic) bond motifs is 1. The topological polar surface area (TPSA) is 20.5 Å². The number of pyridine rings is 1. The number of hydrogen-bond acceptors (Lipinski definition) is 3. The van der Waals surface area contributed by atoms with E-state index in [0.29, 0.717) is 6.04 Å². The lowest BCUT2D eigenvalue weighted by Gasteiger charge is -2.33. The second-order valence-corrected chi connectivity index (χ2v) is 9.41. The normalized spacial score (nSPS) is 14.4. The van der Waals surface area contributed by atoms with Gasteiger partial charge in [0.05, 0.1) is 9.75 Å². The molecule has 1 aliphatic carbocycles. The van der Waals surface area contributed by atoms with Crippen LogP contribution >= 0.6 is 11.3 Å². The van der Waals surface area contributed by atoms with Crippen molar-refractivity contribution in [3.05, 3.63) is 76.8 Å². The van der Waals surface area contributed by atoms with Crippen LogP contribution in [0, 0.1) is 18.8 Å². The number of hydrogen-bond donors (Lipinski definition) is 0. The first-order chi connectivity index (χ1) is 15.2. The van der Waals surface area contributed by atoms with Crippen LogP contribution in [0.5, 0.6) is 0 Å². The molecule has 5 rings (SSSR count). The fraction of sp³-hybridized carbons (Fsp3) is 0.296. The van der Waals surface area contributed by atoms with Crippen molar-refractivity contribution in [2.24, 2.45) is 0 Å². The molecule has 1 aromatic carbocycles. The number of benzene rings is 1. The van der Waals surface area contributed by atoms with Gasteiger partial charge in [0, 0.05) is 24.3 Å². The number of nitrogens with zero attached hydrogens (tertiary/aromatic N) is 3. The minimum Gasteiger partial charge on any atom is -0.356 e. The predicted molar refractivity (Wildman–Crippen MR) is 131 cm³/mol. The van der Waals surface area contributed by atoms with E-state index in [9.17, 15) is 0 Å². The van der Waals surface area contributed by atoms with Gasteiger partial charge in [-0.3, -0.25) is 4.40 Å². The first-order valence-electron chi connectivity index (χ1n) is 11.1. The third kappa shape index (κ3) is 3.98. The summed E-state index contributed by atoms with van der Waals surface area (Å²) in [7, 11) is 2.25. The zero-order valence-corrected chi connectivity index (χ0v) is 19.0. The molecule has 4 heteroatoms. The molecule has 3 nitrogen and oxygen atoms in total. The summed E-state index contributed by atoms with van der Waals surface area (Å²) >= 11 is 1.73. The summed E-state index contributed by atoms with van der Waals surface area (Å²) in [6.45, 7) is 2.17. The molecular formula is C27H27N3S. The van der Waals surface area contributed by atoms with E-state index < -0.39 is 0 Å². The van der Waals surface area contributed by atoms with Gasteiger partial charge in [0.1, 0.15) is 17.2 Å². The predicted octanol–water partition coefficient (Wildman–Crippen LogP) is 6.54. The molecule has 156 valence electrons. The second-order valence-electron chi connectivity index (χ2n) is 8.33. The van der Waals surface area contributed by atoms with Crippen LogP contribution in [0.3, 0.4) is 0 Å². The van der Waals surface area contributed by atoms with E-state index in [2.05, 4.69) is 65.4 Å². The molecule has 0 radical (unpaired) electrons. The number of anilines is 1. The van der Waals surface area contributed by atoms with Gasteiger partial charge in [-0.1, -0.05) is 55.4 Å². The molecule has 1 fully saturated rings. The summed E-state index contributed by atoms with van der Waals surface area (Å²) < 4.78 is 2.32. The van der Waals surface area contributed by atoms with Gasteiger partial charge in [-0.2, -0.15) is 0 Å². The Hall–Kier alpha value is -3.03. The van der Waals surface area contributed by atoms with Crippen molar-refractivity contribution in [3.8, 4) is 22.4 Å². The number of imidazole rings is 1. The van der Waals surface area contributed by atoms with Crippen molar-refractivity contribution in [1.29, 1.82) is 0 Å². The highest BCUT2D eigenvalue weighted by atomic mass is 32.1. The lowest BCUT2D eigenvalue weighted by Crippen LogP contribution is -2.34. The molecule has 3 aromatic heterocycles. The van der Waals surface area contributed by atoms with Crippen LogP contribution in [-0.2, 0) is 0 Å². The van der Waals surface area contributed by atoms with E-state index >= 15 is 0 Å². The zero-order valence-electron chi connectivity index (χ0n) is 18.1. The lowest BCUT2D eigenvalue weighted by molar-refractivity contribution is 0.425. The van der Waals surface area contributed by atoms with Crippen LogP contribution in [0.4, 0.5) is 5.82 Å². The van der Waals surface area contributed by atoms with E-state index in [1.165, 1.54) is 48.5 Å². The van der Waals surface area contributed by atoms with Gasteiger partial charge in [0.15, 0.2) is 0 Å². The highest BCUT2D eigenvalue weighted by Crippen LogP contribution is 2.38. The number of rotatable bonds is 3. The van der Waals surface area contributed by atoms with E-state index in [1.54, 1.807) is 11.3 Å². The minimum atomic E-state index is 0.573. The van der Waals surface area contributed by atoms with Gasteiger partial charge in [-0.15, -0.1) is 11.3 Å². The third-order valence-corrected chi connectivity index (χ3v) is 7.22. The Morgan fingerprint density at radius 2 is 1.74 bits per heavy atom. The first kappa shape index (κ1) is 19.9. The van der Waals surface area contributed by atoms with Crippen molar-refractivity contribution in [2.45, 2.75) is 45.1 Å². The summed E-state index contributed by atoms with van der Waals surface area (Å²) in [4.78, 5) is 9.80. The largest absolute Gasteiger partial charge is 0.356 e. The molecule has 0 N–H and O–H groups in total. The monoisotopic (exact) mass is 425 g/mol. The smallest absolute Gasteiger partial charge is 0.142 e. The van der Waals surface area contributed by atoms with Gasteiger partial charge < -0.3 is 4.90 Å². The average molecular weight is 426 g/mol. The van der Waals surface area contributed by atoms with Gasteiger partial charge in [0.2, 0.25) is 0 Å². The number of thiophene rings is 1. The third-order valence-electron chi connectivity index (χ3n) is 6.21. The maximum Gasteiger partial charge on any atom is 0.142 e. The van der Waals surface area contributed by atoms with E-state index in [-0.39, 0.29) is 0 Å². The molecule has 1 aliphatic rings. The quantitative estimate of drug-likeness (QED) is 0.347. The maximum atomic E-state index is 5.07. The molecule has 0 saturated heterocycles. The molecule has 1 saturated carbocycles. The Morgan fingerprint density at radius 3 is 2.55 bits per heavy atom. The molecule has 0 unspecified atom stereocenters. The molecule has 3 heterocycles. The summed E-state index contributed by atoms with van der Waals surface area (Å²) in [5.74, 6) is 7.82. The van der Waals surface area contributed by atoms with E-state index in [1.807, 2.05) is 30.3 Å². The van der Waals surface area contributed by atoms with Gasteiger partial charge in [0.25, 0.3) is 0 Å². The molecule has 0 amide bonds. The average Bonchev–Trinajstić information content (AvgIpc) is 3.44. The van der Waals surface area contributed by atoms with Gasteiger partial charge in [-0.05, 0) is 56.2 Å². The van der Waals surface area contributed by atoms with Crippen molar-refractivity contribution in [3.63, 3.8) is 0 Å². The summed E-state index contributed by atoms with van der Waals surface area (Å²) in [5.41, 5.74) is 4.34. The fourth-order valence-corrected chi connectivity index (χ4v) is 5.40. The molecule has 0 aliphatic heterocycles. The van der Waals surface area contributed by atoms with Crippen LogP contribution in [0.15, 0.2) is 60.7 Å². The molecule has 4 aromatic rings. The summed E-state index contributed by atoms with van der Waals surface area (Å²) in [6, 6.07) is 21.4. The number of aryl methyl sites for hydroxylation is 1. The highest BCUT2D eigenvalue weighted by molar-refractivity contribution is 7.16. The first-order valence-corrected chi connectivity index (χ1v) is 11.9. The Balaban J connectivity index is 1.56. The fourth-order valence-electron chi connectivity index (χ4n) is 4.56. The van der Waals surface area contributed by atoms with Gasteiger partial charge in [-0.25, -0.2) is 4.98 Å². The van der Waals surface area contributed by atoms with Crippen molar-refractivity contribution in [1.82, 2.24) is 9.38 Å². The van der Waals surface area contributed by atoms with Crippen LogP contribution in [0.25, 0.3) is 16.2 Å². The highest BCUT2D eigenvalue weighted by Gasteiger charge is 2.26. The Kier molecular flexibility index (Phi) is 5.53. The SMILES string of the molecule is Cc1cccc2nc(-c3ccc(C#Cc4ccccc4)s3)c(N(C)C3CCCCC3)n12. The molecular weight excluding hydrogens is 398 g/mol. The van der Waals surface area contributed by atoms with Gasteiger partial charge >= 0.3 is 0 Å². The summed E-state index contributed by atoms with van der Waals surface area (Å²) in [5, 5.41) is 0. The Bertz CT molecular complexity index is 1250. The zero-order chi connectivity index (χ0) is 21.2. The van der Waals surface area contributed by atoms with Crippen LogP contribution in [-0.4, -0.2) is 22.5 Å². The van der Waals surface area contributed by atoms with Crippen LogP contribution < -0.4 is 4.90 Å². The number of aromatic nitrogens is 2. The van der Waals surface area contributed by atoms with Crippen LogP contribution in [0.1, 0.15) is 48.2 Å². The second kappa shape index (κ2) is 8.61. The summed E-state index contributed by atoms with van der Waals surface area (Å²) in [6.07, 6.45) is 6.51. The van der Waals surface area contributed by atoms with E-state index in [0.717, 1.165) is 21.8 Å². The Morgan fingerprint density at radius 1 is 0.935 bits per heavy atom. The molecule has 31 heavy (non-hydrogen) atoms. The minimum absolute atomic E-state index is 0.573.